The van der Waals surface area contributed by atoms with Crippen LogP contribution < -0.4 is 10.1 Å². The number of aliphatic hydroxyl groups excluding tert-OH is 1. The lowest BCUT2D eigenvalue weighted by molar-refractivity contribution is -0.0149. The van der Waals surface area contributed by atoms with E-state index in [0.29, 0.717) is 35.7 Å². The van der Waals surface area contributed by atoms with Crippen molar-refractivity contribution in [1.82, 2.24) is 14.8 Å². The predicted molar refractivity (Wildman–Crippen MR) is 172 cm³/mol. The molecule has 2 heterocycles. The number of anilines is 1. The average Bonchev–Trinajstić information content (AvgIpc) is 3.06. The van der Waals surface area contributed by atoms with Crippen molar-refractivity contribution in [3.05, 3.63) is 89.7 Å². The smallest absolute Gasteiger partial charge is 0.258 e. The van der Waals surface area contributed by atoms with E-state index in [4.69, 9.17) is 9.47 Å². The summed E-state index contributed by atoms with van der Waals surface area (Å²) in [6.07, 6.45) is 4.97. The maximum Gasteiger partial charge on any atom is 0.258 e. The Labute approximate surface area is 265 Å². The number of hydrogen-bond donors (Lipinski definition) is 2. The number of likely N-dealkylation sites (N-methyl/N-ethyl adjacent to an activating group) is 1. The highest BCUT2D eigenvalue weighted by atomic mass is 16.5. The Bertz CT molecular complexity index is 1420. The van der Waals surface area contributed by atoms with Gasteiger partial charge in [0.05, 0.1) is 30.4 Å². The van der Waals surface area contributed by atoms with E-state index in [2.05, 4.69) is 10.3 Å². The van der Waals surface area contributed by atoms with Gasteiger partial charge >= 0.3 is 0 Å². The molecule has 0 bridgehead atoms. The summed E-state index contributed by atoms with van der Waals surface area (Å²) in [4.78, 5) is 47.6. The van der Waals surface area contributed by atoms with Gasteiger partial charge in [-0.25, -0.2) is 0 Å². The highest BCUT2D eigenvalue weighted by Crippen LogP contribution is 2.29. The van der Waals surface area contributed by atoms with Crippen LogP contribution in [0.15, 0.2) is 73.1 Å². The molecule has 10 nitrogen and oxygen atoms in total. The van der Waals surface area contributed by atoms with Crippen LogP contribution in [0.2, 0.25) is 0 Å². The first kappa shape index (κ1) is 33.6. The molecule has 2 N–H and O–H groups in total. The molecular formula is C35H44N4O6. The minimum Gasteiger partial charge on any atom is -0.490 e. The van der Waals surface area contributed by atoms with Gasteiger partial charge in [0.1, 0.15) is 5.75 Å². The fourth-order valence-corrected chi connectivity index (χ4v) is 5.32. The molecule has 0 aliphatic carbocycles. The number of rotatable bonds is 7. The van der Waals surface area contributed by atoms with Crippen molar-refractivity contribution < 1.29 is 29.0 Å². The number of amides is 3. The number of nitrogens with zero attached hydrogens (tertiary/aromatic N) is 3. The summed E-state index contributed by atoms with van der Waals surface area (Å²) in [5.41, 5.74) is 1.75. The van der Waals surface area contributed by atoms with Gasteiger partial charge in [-0.15, -0.1) is 0 Å². The zero-order chi connectivity index (χ0) is 32.3. The SMILES string of the molecule is C[C@@H]1CCCCO[C@H](CN(C)C(=O)c2ccccc2)[C@@H](C)CN([C@@H](C)CO)C(=O)c2cc(NC(=O)c3ccncc3)ccc2O1. The Balaban J connectivity index is 1.63. The van der Waals surface area contributed by atoms with Gasteiger partial charge < -0.3 is 29.7 Å². The van der Waals surface area contributed by atoms with Crippen molar-refractivity contribution >= 4 is 23.4 Å². The van der Waals surface area contributed by atoms with Crippen LogP contribution in [0.4, 0.5) is 5.69 Å². The van der Waals surface area contributed by atoms with Crippen LogP contribution in [0, 0.1) is 5.92 Å². The maximum atomic E-state index is 14.3. The number of aromatic nitrogens is 1. The lowest BCUT2D eigenvalue weighted by Crippen LogP contribution is -2.48. The first-order valence-electron chi connectivity index (χ1n) is 15.5. The number of fused-ring (bicyclic) bond motifs is 1. The van der Waals surface area contributed by atoms with Gasteiger partial charge in [-0.1, -0.05) is 25.1 Å². The lowest BCUT2D eigenvalue weighted by Gasteiger charge is -2.36. The van der Waals surface area contributed by atoms with Gasteiger partial charge in [-0.3, -0.25) is 19.4 Å². The number of aliphatic hydroxyl groups is 1. The standard InChI is InChI=1S/C35H44N4O6/c1-24-21-39(25(2)23-40)35(43)30-20-29(37-33(41)27-15-17-36-18-16-27)13-14-31(30)45-26(3)10-8-9-19-44-32(24)22-38(4)34(42)28-11-6-5-7-12-28/h5-7,11-18,20,24-26,32,40H,8-10,19,21-23H2,1-4H3,(H,37,41)/t24-,25-,26+,32+/m0/s1. The summed E-state index contributed by atoms with van der Waals surface area (Å²) < 4.78 is 12.6. The second kappa shape index (κ2) is 16.2. The van der Waals surface area contributed by atoms with E-state index in [-0.39, 0.29) is 54.6 Å². The van der Waals surface area contributed by atoms with Gasteiger partial charge in [0, 0.05) is 61.9 Å². The van der Waals surface area contributed by atoms with Crippen LogP contribution >= 0.6 is 0 Å². The van der Waals surface area contributed by atoms with Gasteiger partial charge in [0.15, 0.2) is 0 Å². The summed E-state index contributed by atoms with van der Waals surface area (Å²) >= 11 is 0. The van der Waals surface area contributed by atoms with E-state index in [1.807, 2.05) is 32.0 Å². The van der Waals surface area contributed by atoms with Crippen LogP contribution in [0.5, 0.6) is 5.75 Å². The second-order valence-electron chi connectivity index (χ2n) is 11.8. The number of carbonyl (C=O) groups excluding carboxylic acids is 3. The van der Waals surface area contributed by atoms with Crippen LogP contribution in [0.25, 0.3) is 0 Å². The molecule has 0 unspecified atom stereocenters. The number of nitrogens with one attached hydrogen (secondary N) is 1. The fraction of sp³-hybridized carbons (Fsp3) is 0.429. The third-order valence-electron chi connectivity index (χ3n) is 8.07. The minimum atomic E-state index is -0.516. The number of carbonyl (C=O) groups is 3. The van der Waals surface area contributed by atoms with Crippen LogP contribution in [-0.2, 0) is 4.74 Å². The Morgan fingerprint density at radius 2 is 1.80 bits per heavy atom. The Morgan fingerprint density at radius 3 is 2.51 bits per heavy atom. The molecule has 2 aromatic carbocycles. The number of ether oxygens (including phenoxy) is 2. The van der Waals surface area contributed by atoms with E-state index < -0.39 is 6.04 Å². The molecule has 1 aliphatic rings. The van der Waals surface area contributed by atoms with Crippen molar-refractivity contribution in [2.45, 2.75) is 58.3 Å². The van der Waals surface area contributed by atoms with Gasteiger partial charge in [-0.2, -0.15) is 0 Å². The van der Waals surface area contributed by atoms with Crippen molar-refractivity contribution in [1.29, 1.82) is 0 Å². The van der Waals surface area contributed by atoms with E-state index in [9.17, 15) is 19.5 Å². The summed E-state index contributed by atoms with van der Waals surface area (Å²) in [5.74, 6) is -0.549. The van der Waals surface area contributed by atoms with E-state index in [0.717, 1.165) is 19.3 Å². The summed E-state index contributed by atoms with van der Waals surface area (Å²) in [6, 6.07) is 16.9. The van der Waals surface area contributed by atoms with Crippen LogP contribution in [-0.4, -0.2) is 89.2 Å². The summed E-state index contributed by atoms with van der Waals surface area (Å²) in [6.45, 7) is 6.60. The largest absolute Gasteiger partial charge is 0.490 e. The molecule has 1 aliphatic heterocycles. The van der Waals surface area contributed by atoms with Gasteiger partial charge in [0.25, 0.3) is 17.7 Å². The molecule has 45 heavy (non-hydrogen) atoms. The molecule has 0 fully saturated rings. The predicted octanol–water partition coefficient (Wildman–Crippen LogP) is 4.90. The second-order valence-corrected chi connectivity index (χ2v) is 11.8. The fourth-order valence-electron chi connectivity index (χ4n) is 5.32. The van der Waals surface area contributed by atoms with Crippen molar-refractivity contribution in [3.8, 4) is 5.75 Å². The van der Waals surface area contributed by atoms with Crippen molar-refractivity contribution in [2.75, 3.05) is 38.7 Å². The van der Waals surface area contributed by atoms with Gasteiger partial charge in [0.2, 0.25) is 0 Å². The number of hydrogen-bond acceptors (Lipinski definition) is 7. The molecule has 4 atom stereocenters. The molecule has 3 amide bonds. The van der Waals surface area contributed by atoms with Crippen LogP contribution in [0.1, 0.15) is 71.1 Å². The maximum absolute atomic E-state index is 14.3. The summed E-state index contributed by atoms with van der Waals surface area (Å²) in [7, 11) is 1.76. The molecule has 0 saturated carbocycles. The molecule has 1 aromatic heterocycles. The molecule has 10 heteroatoms. The molecule has 0 radical (unpaired) electrons. The first-order chi connectivity index (χ1) is 21.7. The van der Waals surface area contributed by atoms with Gasteiger partial charge in [-0.05, 0) is 75.6 Å². The molecule has 240 valence electrons. The number of benzene rings is 2. The zero-order valence-corrected chi connectivity index (χ0v) is 26.5. The zero-order valence-electron chi connectivity index (χ0n) is 26.5. The molecular weight excluding hydrogens is 572 g/mol. The normalized spacial score (nSPS) is 20.2. The monoisotopic (exact) mass is 616 g/mol. The first-order valence-corrected chi connectivity index (χ1v) is 15.5. The molecule has 0 saturated heterocycles. The quantitative estimate of drug-likeness (QED) is 0.387. The Hall–Kier alpha value is -4.28. The van der Waals surface area contributed by atoms with E-state index in [1.54, 1.807) is 78.6 Å². The molecule has 0 spiro atoms. The Morgan fingerprint density at radius 1 is 1.07 bits per heavy atom. The average molecular weight is 617 g/mol. The number of pyridine rings is 1. The summed E-state index contributed by atoms with van der Waals surface area (Å²) in [5, 5.41) is 13.1. The highest BCUT2D eigenvalue weighted by molar-refractivity contribution is 6.05. The van der Waals surface area contributed by atoms with Crippen molar-refractivity contribution in [3.63, 3.8) is 0 Å². The van der Waals surface area contributed by atoms with Crippen molar-refractivity contribution in [2.24, 2.45) is 5.92 Å². The third-order valence-corrected chi connectivity index (χ3v) is 8.07. The molecule has 4 rings (SSSR count). The van der Waals surface area contributed by atoms with E-state index in [1.165, 1.54) is 0 Å². The third kappa shape index (κ3) is 9.12. The lowest BCUT2D eigenvalue weighted by atomic mass is 10.0. The van der Waals surface area contributed by atoms with Crippen LogP contribution in [0.3, 0.4) is 0 Å². The highest BCUT2D eigenvalue weighted by Gasteiger charge is 2.31. The minimum absolute atomic E-state index is 0.108. The Kier molecular flexibility index (Phi) is 12.1. The van der Waals surface area contributed by atoms with E-state index >= 15 is 0 Å². The molecule has 3 aromatic rings. The topological polar surface area (TPSA) is 121 Å².